The van der Waals surface area contributed by atoms with Crippen molar-refractivity contribution in [1.29, 1.82) is 0 Å². The fraction of sp³-hybridized carbons (Fsp3) is 0.310. The first kappa shape index (κ1) is 26.8. The van der Waals surface area contributed by atoms with Crippen LogP contribution in [0.3, 0.4) is 0 Å². The predicted molar refractivity (Wildman–Crippen MR) is 146 cm³/mol. The normalized spacial score (nSPS) is 10.5. The number of nitrogens with one attached hydrogen (secondary N) is 2. The molecule has 0 bridgehead atoms. The average molecular weight is 489 g/mol. The molecule has 3 aromatic carbocycles. The SMILES string of the molecule is Cc1ccc(NC(=O)N(CCCNC(=O)CCCCCN)c2ccc(Oc3ccccc3)cc2)cc1. The summed E-state index contributed by atoms with van der Waals surface area (Å²) in [6.45, 7) is 3.61. The van der Waals surface area contributed by atoms with Crippen molar-refractivity contribution in [2.24, 2.45) is 5.73 Å². The predicted octanol–water partition coefficient (Wildman–Crippen LogP) is 5.85. The van der Waals surface area contributed by atoms with Gasteiger partial charge in [0.25, 0.3) is 0 Å². The average Bonchev–Trinajstić information content (AvgIpc) is 2.89. The van der Waals surface area contributed by atoms with E-state index in [1.807, 2.05) is 85.8 Å². The minimum atomic E-state index is -0.233. The number of aryl methyl sites for hydroxylation is 1. The van der Waals surface area contributed by atoms with Crippen LogP contribution in [0.2, 0.25) is 0 Å². The third kappa shape index (κ3) is 9.07. The van der Waals surface area contributed by atoms with Crippen LogP contribution in [0.15, 0.2) is 78.9 Å². The number of amides is 3. The molecule has 0 fully saturated rings. The van der Waals surface area contributed by atoms with E-state index in [0.29, 0.717) is 38.2 Å². The number of rotatable bonds is 13. The summed E-state index contributed by atoms with van der Waals surface area (Å²) in [6.07, 6.45) is 3.86. The second-order valence-corrected chi connectivity index (χ2v) is 8.66. The molecule has 3 rings (SSSR count). The summed E-state index contributed by atoms with van der Waals surface area (Å²) >= 11 is 0. The zero-order valence-electron chi connectivity index (χ0n) is 20.9. The van der Waals surface area contributed by atoms with E-state index in [-0.39, 0.29) is 11.9 Å². The maximum absolute atomic E-state index is 13.2. The lowest BCUT2D eigenvalue weighted by Gasteiger charge is -2.24. The fourth-order valence-electron chi connectivity index (χ4n) is 3.65. The number of para-hydroxylation sites is 1. The third-order valence-corrected chi connectivity index (χ3v) is 5.66. The van der Waals surface area contributed by atoms with Gasteiger partial charge in [0, 0.05) is 30.9 Å². The molecule has 7 heteroatoms. The third-order valence-electron chi connectivity index (χ3n) is 5.66. The van der Waals surface area contributed by atoms with Crippen LogP contribution in [0.5, 0.6) is 11.5 Å². The number of nitrogens with zero attached hydrogens (tertiary/aromatic N) is 1. The summed E-state index contributed by atoms with van der Waals surface area (Å²) in [5.74, 6) is 1.47. The lowest BCUT2D eigenvalue weighted by Crippen LogP contribution is -2.37. The quantitative estimate of drug-likeness (QED) is 0.263. The molecular formula is C29H36N4O3. The fourth-order valence-corrected chi connectivity index (χ4v) is 3.65. The first-order valence-electron chi connectivity index (χ1n) is 12.5. The van der Waals surface area contributed by atoms with Crippen LogP contribution >= 0.6 is 0 Å². The zero-order valence-corrected chi connectivity index (χ0v) is 20.9. The number of carbonyl (C=O) groups excluding carboxylic acids is 2. The maximum Gasteiger partial charge on any atom is 0.326 e. The van der Waals surface area contributed by atoms with Crippen molar-refractivity contribution in [3.63, 3.8) is 0 Å². The topological polar surface area (TPSA) is 96.7 Å². The number of ether oxygens (including phenoxy) is 1. The summed E-state index contributed by atoms with van der Waals surface area (Å²) in [4.78, 5) is 26.9. The largest absolute Gasteiger partial charge is 0.457 e. The van der Waals surface area contributed by atoms with Crippen LogP contribution in [0.25, 0.3) is 0 Å². The maximum atomic E-state index is 13.2. The van der Waals surface area contributed by atoms with Crippen LogP contribution in [-0.2, 0) is 4.79 Å². The van der Waals surface area contributed by atoms with E-state index in [4.69, 9.17) is 10.5 Å². The monoisotopic (exact) mass is 488 g/mol. The number of hydrogen-bond donors (Lipinski definition) is 3. The van der Waals surface area contributed by atoms with E-state index in [9.17, 15) is 9.59 Å². The Morgan fingerprint density at radius 2 is 1.53 bits per heavy atom. The van der Waals surface area contributed by atoms with Crippen LogP contribution in [0.1, 0.15) is 37.7 Å². The number of urea groups is 1. The van der Waals surface area contributed by atoms with E-state index in [2.05, 4.69) is 10.6 Å². The Labute approximate surface area is 213 Å². The first-order chi connectivity index (χ1) is 17.5. The van der Waals surface area contributed by atoms with Gasteiger partial charge in [-0.3, -0.25) is 9.69 Å². The molecule has 0 spiro atoms. The molecule has 3 aromatic rings. The van der Waals surface area contributed by atoms with E-state index >= 15 is 0 Å². The number of nitrogens with two attached hydrogens (primary N) is 1. The van der Waals surface area contributed by atoms with Crippen molar-refractivity contribution < 1.29 is 14.3 Å². The van der Waals surface area contributed by atoms with Gasteiger partial charge in [0.1, 0.15) is 11.5 Å². The van der Waals surface area contributed by atoms with Crippen LogP contribution in [0, 0.1) is 6.92 Å². The molecule has 0 saturated heterocycles. The number of unbranched alkanes of at least 4 members (excludes halogenated alkanes) is 2. The molecule has 0 aliphatic rings. The lowest BCUT2D eigenvalue weighted by atomic mass is 10.2. The lowest BCUT2D eigenvalue weighted by molar-refractivity contribution is -0.121. The summed E-state index contributed by atoms with van der Waals surface area (Å²) in [5, 5.41) is 5.92. The van der Waals surface area contributed by atoms with Crippen molar-refractivity contribution in [1.82, 2.24) is 5.32 Å². The van der Waals surface area contributed by atoms with Gasteiger partial charge < -0.3 is 21.1 Å². The molecule has 0 radical (unpaired) electrons. The van der Waals surface area contributed by atoms with Gasteiger partial charge in [0.05, 0.1) is 0 Å². The van der Waals surface area contributed by atoms with E-state index in [1.165, 1.54) is 0 Å². The molecule has 0 saturated carbocycles. The molecule has 0 unspecified atom stereocenters. The molecule has 3 amide bonds. The Morgan fingerprint density at radius 1 is 0.833 bits per heavy atom. The highest BCUT2D eigenvalue weighted by molar-refractivity contribution is 6.01. The molecular weight excluding hydrogens is 452 g/mol. The summed E-state index contributed by atoms with van der Waals surface area (Å²) < 4.78 is 5.88. The molecule has 0 heterocycles. The van der Waals surface area contributed by atoms with Gasteiger partial charge in [-0.15, -0.1) is 0 Å². The molecule has 0 atom stereocenters. The standard InChI is InChI=1S/C29H36N4O3/c1-23-12-14-24(15-13-23)32-29(35)33(22-8-21-31-28(34)11-6-3-7-20-30)25-16-18-27(19-17-25)36-26-9-4-2-5-10-26/h2,4-5,9-10,12-19H,3,6-8,11,20-22,30H2,1H3,(H,31,34)(H,32,35). The minimum absolute atomic E-state index is 0.0325. The highest BCUT2D eigenvalue weighted by Gasteiger charge is 2.16. The smallest absolute Gasteiger partial charge is 0.326 e. The zero-order chi connectivity index (χ0) is 25.6. The van der Waals surface area contributed by atoms with Gasteiger partial charge in [0.2, 0.25) is 5.91 Å². The molecule has 7 nitrogen and oxygen atoms in total. The first-order valence-corrected chi connectivity index (χ1v) is 12.5. The molecule has 0 aliphatic heterocycles. The Kier molecular flexibility index (Phi) is 10.8. The van der Waals surface area contributed by atoms with Gasteiger partial charge in [-0.1, -0.05) is 42.3 Å². The second kappa shape index (κ2) is 14.5. The number of carbonyl (C=O) groups is 2. The van der Waals surface area contributed by atoms with Crippen molar-refractivity contribution >= 4 is 23.3 Å². The number of anilines is 2. The Hall–Kier alpha value is -3.84. The second-order valence-electron chi connectivity index (χ2n) is 8.66. The van der Waals surface area contributed by atoms with Crippen molar-refractivity contribution in [2.75, 3.05) is 29.9 Å². The minimum Gasteiger partial charge on any atom is -0.457 e. The van der Waals surface area contributed by atoms with Gasteiger partial charge in [0.15, 0.2) is 0 Å². The van der Waals surface area contributed by atoms with E-state index in [1.54, 1.807) is 4.90 Å². The number of benzene rings is 3. The van der Waals surface area contributed by atoms with Gasteiger partial charge in [-0.2, -0.15) is 0 Å². The van der Waals surface area contributed by atoms with Crippen LogP contribution in [-0.4, -0.2) is 31.6 Å². The van der Waals surface area contributed by atoms with Gasteiger partial charge in [-0.25, -0.2) is 4.79 Å². The van der Waals surface area contributed by atoms with E-state index in [0.717, 1.165) is 42.0 Å². The molecule has 190 valence electrons. The molecule has 4 N–H and O–H groups in total. The summed E-state index contributed by atoms with van der Waals surface area (Å²) in [6, 6.07) is 24.4. The van der Waals surface area contributed by atoms with Gasteiger partial charge >= 0.3 is 6.03 Å². The Balaban J connectivity index is 1.61. The Bertz CT molecular complexity index is 1070. The molecule has 36 heavy (non-hydrogen) atoms. The van der Waals surface area contributed by atoms with Gasteiger partial charge in [-0.05, 0) is 81.3 Å². The van der Waals surface area contributed by atoms with Crippen molar-refractivity contribution in [3.05, 3.63) is 84.4 Å². The van der Waals surface area contributed by atoms with Crippen LogP contribution in [0.4, 0.5) is 16.2 Å². The Morgan fingerprint density at radius 3 is 2.22 bits per heavy atom. The molecule has 0 aromatic heterocycles. The van der Waals surface area contributed by atoms with Crippen LogP contribution < -0.4 is 26.0 Å². The molecule has 0 aliphatic carbocycles. The highest BCUT2D eigenvalue weighted by Crippen LogP contribution is 2.25. The van der Waals surface area contributed by atoms with Crippen molar-refractivity contribution in [2.45, 2.75) is 39.0 Å². The summed E-state index contributed by atoms with van der Waals surface area (Å²) in [7, 11) is 0. The van der Waals surface area contributed by atoms with E-state index < -0.39 is 0 Å². The number of hydrogen-bond acceptors (Lipinski definition) is 4. The van der Waals surface area contributed by atoms with Crippen molar-refractivity contribution in [3.8, 4) is 11.5 Å². The summed E-state index contributed by atoms with van der Waals surface area (Å²) in [5.41, 5.74) is 8.09. The highest BCUT2D eigenvalue weighted by atomic mass is 16.5.